The molecule has 210 valence electrons. The van der Waals surface area contributed by atoms with E-state index in [1.165, 1.54) is 77.7 Å². The molecule has 3 aliphatic rings. The minimum absolute atomic E-state index is 1.17. The molecule has 0 fully saturated rings. The van der Waals surface area contributed by atoms with E-state index in [1.54, 1.807) is 0 Å². The minimum atomic E-state index is -2.63. The van der Waals surface area contributed by atoms with E-state index in [4.69, 9.17) is 0 Å². The molecule has 0 saturated carbocycles. The summed E-state index contributed by atoms with van der Waals surface area (Å²) in [5.41, 5.74) is 12.6. The van der Waals surface area contributed by atoms with E-state index in [1.807, 2.05) is 0 Å². The van der Waals surface area contributed by atoms with Crippen molar-refractivity contribution in [2.75, 3.05) is 4.90 Å². The van der Waals surface area contributed by atoms with Crippen LogP contribution < -0.4 is 24.2 Å². The van der Waals surface area contributed by atoms with Crippen LogP contribution in [0.15, 0.2) is 158 Å². The SMILES string of the molecule is c1cc2c3c(c1)N(c1ccc(-n4c5ccccc5c5ccccc54)cc1)c1cccc4c1[PH]3([n+]1ccccc1-2)[n+]1ccccc1-4. The first kappa shape index (κ1) is 23.8. The van der Waals surface area contributed by atoms with Crippen LogP contribution in [0.3, 0.4) is 0 Å². The van der Waals surface area contributed by atoms with Gasteiger partial charge in [0.25, 0.3) is 0 Å². The van der Waals surface area contributed by atoms with Crippen molar-refractivity contribution in [2.24, 2.45) is 0 Å². The number of para-hydroxylation sites is 2. The first-order chi connectivity index (χ1) is 22.4. The van der Waals surface area contributed by atoms with Crippen molar-refractivity contribution in [1.29, 1.82) is 0 Å². The Bertz CT molecular complexity index is 2410. The second kappa shape index (κ2) is 8.32. The van der Waals surface area contributed by atoms with Gasteiger partial charge in [0.1, 0.15) is 0 Å². The fourth-order valence-electron chi connectivity index (χ4n) is 8.58. The Balaban J connectivity index is 1.18. The molecule has 11 rings (SSSR count). The Morgan fingerprint density at radius 3 is 1.47 bits per heavy atom. The van der Waals surface area contributed by atoms with Crippen LogP contribution in [0.5, 0.6) is 0 Å². The molecule has 0 aliphatic carbocycles. The van der Waals surface area contributed by atoms with E-state index in [9.17, 15) is 0 Å². The van der Waals surface area contributed by atoms with Crippen molar-refractivity contribution in [2.45, 2.75) is 0 Å². The third-order valence-corrected chi connectivity index (χ3v) is 14.8. The number of fused-ring (bicyclic) bond motifs is 7. The summed E-state index contributed by atoms with van der Waals surface area (Å²) < 4.78 is 7.65. The molecule has 1 spiro atoms. The molecule has 0 amide bonds. The monoisotopic (exact) mass is 594 g/mol. The van der Waals surface area contributed by atoms with Crippen LogP contribution in [-0.2, 0) is 0 Å². The second-order valence-corrected chi connectivity index (χ2v) is 15.5. The van der Waals surface area contributed by atoms with E-state index >= 15 is 0 Å². The zero-order valence-electron chi connectivity index (χ0n) is 24.3. The third-order valence-electron chi connectivity index (χ3n) is 10.2. The van der Waals surface area contributed by atoms with Crippen LogP contribution in [0.2, 0.25) is 0 Å². The summed E-state index contributed by atoms with van der Waals surface area (Å²) in [6, 6.07) is 53.7. The first-order valence-corrected chi connectivity index (χ1v) is 17.4. The molecule has 0 unspecified atom stereocenters. The van der Waals surface area contributed by atoms with Gasteiger partial charge >= 0.3 is 261 Å². The molecule has 8 aromatic rings. The molecule has 0 atom stereocenters. The Hall–Kier alpha value is -5.57. The second-order valence-electron chi connectivity index (χ2n) is 12.2. The van der Waals surface area contributed by atoms with Gasteiger partial charge in [0, 0.05) is 0 Å². The van der Waals surface area contributed by atoms with Crippen LogP contribution >= 0.6 is 7.56 Å². The average molecular weight is 595 g/mol. The molecule has 0 bridgehead atoms. The molecule has 5 heteroatoms. The predicted molar refractivity (Wildman–Crippen MR) is 185 cm³/mol. The van der Waals surface area contributed by atoms with Crippen LogP contribution in [0.25, 0.3) is 50.0 Å². The maximum atomic E-state index is 2.63. The van der Waals surface area contributed by atoms with Crippen molar-refractivity contribution in [3.8, 4) is 28.2 Å². The quantitative estimate of drug-likeness (QED) is 0.187. The van der Waals surface area contributed by atoms with Crippen LogP contribution in [0, 0.1) is 0 Å². The van der Waals surface area contributed by atoms with Crippen molar-refractivity contribution in [3.63, 3.8) is 0 Å². The molecular weight excluding hydrogens is 567 g/mol. The molecular formula is C40H27N4P+2. The molecule has 0 N–H and O–H groups in total. The number of nitrogens with zero attached hydrogens (tertiary/aromatic N) is 4. The van der Waals surface area contributed by atoms with Gasteiger partial charge in [-0.05, 0) is 0 Å². The summed E-state index contributed by atoms with van der Waals surface area (Å²) in [4.78, 5) is 2.51. The van der Waals surface area contributed by atoms with Crippen LogP contribution in [0.4, 0.5) is 17.1 Å². The van der Waals surface area contributed by atoms with Crippen LogP contribution in [0.1, 0.15) is 0 Å². The Morgan fingerprint density at radius 2 is 0.911 bits per heavy atom. The Morgan fingerprint density at radius 1 is 0.422 bits per heavy atom. The summed E-state index contributed by atoms with van der Waals surface area (Å²) in [7, 11) is -2.63. The Kier molecular flexibility index (Phi) is 4.41. The van der Waals surface area contributed by atoms with Crippen LogP contribution in [-0.4, -0.2) is 4.57 Å². The van der Waals surface area contributed by atoms with Gasteiger partial charge < -0.3 is 0 Å². The van der Waals surface area contributed by atoms with Crippen molar-refractivity contribution in [1.82, 2.24) is 4.57 Å². The molecule has 45 heavy (non-hydrogen) atoms. The van der Waals surface area contributed by atoms with Gasteiger partial charge in [0.05, 0.1) is 0 Å². The van der Waals surface area contributed by atoms with Gasteiger partial charge in [-0.25, -0.2) is 0 Å². The molecule has 3 aromatic heterocycles. The summed E-state index contributed by atoms with van der Waals surface area (Å²) in [6.45, 7) is 0. The molecule has 6 heterocycles. The van der Waals surface area contributed by atoms with E-state index in [0.717, 1.165) is 0 Å². The summed E-state index contributed by atoms with van der Waals surface area (Å²) in [6.07, 6.45) is 4.63. The molecule has 0 radical (unpaired) electrons. The van der Waals surface area contributed by atoms with Gasteiger partial charge in [0.2, 0.25) is 0 Å². The standard InChI is InChI=1S/C40H27N4P/c1-3-17-35-29(11-1)30-12-2-4-18-36(30)43(35)27-21-23-28(24-22-27)44-37-19-9-13-31-33-15-5-7-25-41(33)45(39(31)37)40-32(14-10-20-38(40)44)34-16-6-8-26-42(34)45/h1-26,45H/q+2. The molecule has 5 aromatic carbocycles. The van der Waals surface area contributed by atoms with Gasteiger partial charge in [-0.3, -0.25) is 0 Å². The molecule has 0 saturated heterocycles. The Labute approximate surface area is 260 Å². The summed E-state index contributed by atoms with van der Waals surface area (Å²) in [5, 5.41) is 5.50. The normalized spacial score (nSPS) is 15.1. The number of hydrogen-bond donors (Lipinski definition) is 0. The number of anilines is 3. The van der Waals surface area contributed by atoms with Gasteiger partial charge in [-0.1, -0.05) is 0 Å². The van der Waals surface area contributed by atoms with Crippen molar-refractivity contribution < 1.29 is 8.68 Å². The number of aromatic nitrogens is 3. The average Bonchev–Trinajstić information content (AvgIpc) is 3.72. The zero-order chi connectivity index (χ0) is 29.3. The number of benzene rings is 5. The van der Waals surface area contributed by atoms with E-state index in [-0.39, 0.29) is 0 Å². The number of pyridine rings is 2. The van der Waals surface area contributed by atoms with Crippen molar-refractivity contribution >= 4 is 57.0 Å². The first-order valence-electron chi connectivity index (χ1n) is 15.5. The fourth-order valence-corrected chi connectivity index (χ4v) is 14.0. The van der Waals surface area contributed by atoms with Gasteiger partial charge in [-0.2, -0.15) is 0 Å². The summed E-state index contributed by atoms with van der Waals surface area (Å²) >= 11 is 0. The maximum absolute atomic E-state index is 2.63. The topological polar surface area (TPSA) is 15.9 Å². The van der Waals surface area contributed by atoms with E-state index in [2.05, 4.69) is 176 Å². The third kappa shape index (κ3) is 2.74. The van der Waals surface area contributed by atoms with E-state index < -0.39 is 7.56 Å². The zero-order valence-corrected chi connectivity index (χ0v) is 25.3. The summed E-state index contributed by atoms with van der Waals surface area (Å²) in [5.74, 6) is 0. The van der Waals surface area contributed by atoms with E-state index in [0.29, 0.717) is 0 Å². The predicted octanol–water partition coefficient (Wildman–Crippen LogP) is 7.73. The van der Waals surface area contributed by atoms with Gasteiger partial charge in [0.15, 0.2) is 0 Å². The molecule has 3 aliphatic heterocycles. The van der Waals surface area contributed by atoms with Crippen molar-refractivity contribution in [3.05, 3.63) is 158 Å². The fraction of sp³-hybridized carbons (Fsp3) is 0. The van der Waals surface area contributed by atoms with Gasteiger partial charge in [-0.15, -0.1) is 0 Å². The number of hydrogen-bond acceptors (Lipinski definition) is 1. The number of rotatable bonds is 2. The molecule has 4 nitrogen and oxygen atoms in total.